The van der Waals surface area contributed by atoms with Crippen LogP contribution in [0.1, 0.15) is 72.6 Å². The Bertz CT molecular complexity index is 755. The van der Waals surface area contributed by atoms with Gasteiger partial charge in [0.25, 0.3) is 0 Å². The van der Waals surface area contributed by atoms with E-state index in [1.165, 1.54) is 0 Å². The van der Waals surface area contributed by atoms with Crippen LogP contribution in [0.25, 0.3) is 0 Å². The second-order valence-electron chi connectivity index (χ2n) is 10.1. The fourth-order valence-electron chi connectivity index (χ4n) is 3.63. The van der Waals surface area contributed by atoms with Crippen LogP contribution in [0.5, 0.6) is 0 Å². The van der Waals surface area contributed by atoms with E-state index in [0.29, 0.717) is 45.2 Å². The molecule has 0 aromatic rings. The van der Waals surface area contributed by atoms with Gasteiger partial charge in [0.05, 0.1) is 6.04 Å². The van der Waals surface area contributed by atoms with Crippen LogP contribution in [0.3, 0.4) is 0 Å². The monoisotopic (exact) mass is 528 g/mol. The summed E-state index contributed by atoms with van der Waals surface area (Å²) in [6.07, 6.45) is 2.83. The number of amides is 3. The first-order valence-electron chi connectivity index (χ1n) is 12.9. The zero-order valence-electron chi connectivity index (χ0n) is 22.7. The molecule has 13 nitrogen and oxygen atoms in total. The maximum Gasteiger partial charge on any atom is 0.326 e. The molecular formula is C24H48N8O5. The summed E-state index contributed by atoms with van der Waals surface area (Å²) in [5.41, 5.74) is 22.1. The Balaban J connectivity index is 5.43. The van der Waals surface area contributed by atoms with Crippen molar-refractivity contribution in [1.29, 1.82) is 0 Å². The molecule has 3 amide bonds. The molecule has 0 radical (unpaired) electrons. The van der Waals surface area contributed by atoms with Crippen LogP contribution >= 0.6 is 0 Å². The second kappa shape index (κ2) is 18.3. The third-order valence-corrected chi connectivity index (χ3v) is 5.55. The fourth-order valence-corrected chi connectivity index (χ4v) is 3.63. The molecule has 4 unspecified atom stereocenters. The number of hydrogen-bond donors (Lipinski definition) is 8. The van der Waals surface area contributed by atoms with Gasteiger partial charge in [-0.3, -0.25) is 19.4 Å². The van der Waals surface area contributed by atoms with Gasteiger partial charge in [-0.05, 0) is 63.3 Å². The summed E-state index contributed by atoms with van der Waals surface area (Å²) < 4.78 is 0. The maximum absolute atomic E-state index is 13.2. The molecule has 0 aliphatic heterocycles. The Morgan fingerprint density at radius 2 is 1.27 bits per heavy atom. The number of aliphatic carboxylic acids is 1. The summed E-state index contributed by atoms with van der Waals surface area (Å²) >= 11 is 0. The Kier molecular flexibility index (Phi) is 16.9. The van der Waals surface area contributed by atoms with Crippen LogP contribution in [-0.2, 0) is 19.2 Å². The number of hydrogen-bond acceptors (Lipinski definition) is 7. The topological polar surface area (TPSA) is 241 Å². The number of carboxylic acids is 1. The molecule has 0 saturated heterocycles. The number of carboxylic acid groups (broad SMARTS) is 1. The predicted molar refractivity (Wildman–Crippen MR) is 143 cm³/mol. The van der Waals surface area contributed by atoms with Gasteiger partial charge in [-0.15, -0.1) is 0 Å². The largest absolute Gasteiger partial charge is 0.480 e. The summed E-state index contributed by atoms with van der Waals surface area (Å²) in [6.45, 7) is 8.25. The van der Waals surface area contributed by atoms with Crippen molar-refractivity contribution in [2.75, 3.05) is 13.1 Å². The average Bonchev–Trinajstić information content (AvgIpc) is 2.79. The zero-order chi connectivity index (χ0) is 28.5. The van der Waals surface area contributed by atoms with Gasteiger partial charge in [-0.1, -0.05) is 27.7 Å². The van der Waals surface area contributed by atoms with E-state index in [9.17, 15) is 24.3 Å². The lowest BCUT2D eigenvalue weighted by atomic mass is 10.0. The molecule has 12 N–H and O–H groups in total. The third kappa shape index (κ3) is 15.7. The van der Waals surface area contributed by atoms with Crippen LogP contribution in [0.15, 0.2) is 4.99 Å². The molecule has 0 bridgehead atoms. The normalized spacial score (nSPS) is 14.4. The molecule has 0 rings (SSSR count). The summed E-state index contributed by atoms with van der Waals surface area (Å²) in [6, 6.07) is -3.85. The molecular weight excluding hydrogens is 480 g/mol. The minimum absolute atomic E-state index is 0.0426. The summed E-state index contributed by atoms with van der Waals surface area (Å²) in [7, 11) is 0. The number of guanidine groups is 1. The predicted octanol–water partition coefficient (Wildman–Crippen LogP) is -0.872. The molecule has 0 spiro atoms. The van der Waals surface area contributed by atoms with Crippen molar-refractivity contribution in [3.63, 3.8) is 0 Å². The molecule has 0 aromatic carbocycles. The van der Waals surface area contributed by atoms with E-state index < -0.39 is 47.9 Å². The van der Waals surface area contributed by atoms with Crippen LogP contribution in [0.2, 0.25) is 0 Å². The minimum Gasteiger partial charge on any atom is -0.480 e. The number of nitrogens with one attached hydrogen (secondary N) is 3. The Hall–Kier alpha value is -2.93. The summed E-state index contributed by atoms with van der Waals surface area (Å²) in [5, 5.41) is 17.4. The van der Waals surface area contributed by atoms with Crippen LogP contribution in [-0.4, -0.2) is 72.0 Å². The average molecular weight is 529 g/mol. The van der Waals surface area contributed by atoms with Gasteiger partial charge >= 0.3 is 5.97 Å². The van der Waals surface area contributed by atoms with Gasteiger partial charge in [0.2, 0.25) is 17.7 Å². The van der Waals surface area contributed by atoms with Crippen molar-refractivity contribution in [1.82, 2.24) is 16.0 Å². The summed E-state index contributed by atoms with van der Waals surface area (Å²) in [5.74, 6) is -2.73. The number of unbranched alkanes of at least 4 members (excludes halogenated alkanes) is 1. The number of carbonyl (C=O) groups excluding carboxylic acids is 3. The third-order valence-electron chi connectivity index (χ3n) is 5.55. The highest BCUT2D eigenvalue weighted by molar-refractivity contribution is 5.94. The maximum atomic E-state index is 13.2. The molecule has 4 atom stereocenters. The van der Waals surface area contributed by atoms with E-state index in [0.717, 1.165) is 0 Å². The number of aliphatic imine (C=N–C) groups is 1. The van der Waals surface area contributed by atoms with Gasteiger partial charge in [-0.2, -0.15) is 0 Å². The number of nitrogens with zero attached hydrogens (tertiary/aromatic N) is 1. The Labute approximate surface area is 219 Å². The van der Waals surface area contributed by atoms with Crippen molar-refractivity contribution in [3.8, 4) is 0 Å². The standard InChI is InChI=1S/C24H48N8O5/c1-14(2)12-18(31-20(33)16(26)8-7-11-29-24(27)28)22(35)30-17(9-5-6-10-25)21(34)32-19(23(36)37)13-15(3)4/h14-19H,5-13,25-26H2,1-4H3,(H,30,35)(H,31,33)(H,32,34)(H,36,37)(H4,27,28,29). The van der Waals surface area contributed by atoms with Gasteiger partial charge < -0.3 is 44.0 Å². The fraction of sp³-hybridized carbons (Fsp3) is 0.792. The van der Waals surface area contributed by atoms with E-state index in [4.69, 9.17) is 22.9 Å². The Morgan fingerprint density at radius 3 is 1.78 bits per heavy atom. The van der Waals surface area contributed by atoms with E-state index in [2.05, 4.69) is 20.9 Å². The van der Waals surface area contributed by atoms with Crippen molar-refractivity contribution in [3.05, 3.63) is 0 Å². The lowest BCUT2D eigenvalue weighted by Gasteiger charge is -2.26. The highest BCUT2D eigenvalue weighted by atomic mass is 16.4. The molecule has 0 aliphatic rings. The van der Waals surface area contributed by atoms with E-state index >= 15 is 0 Å². The summed E-state index contributed by atoms with van der Waals surface area (Å²) in [4.78, 5) is 54.3. The zero-order valence-corrected chi connectivity index (χ0v) is 22.7. The smallest absolute Gasteiger partial charge is 0.326 e. The lowest BCUT2D eigenvalue weighted by molar-refractivity contribution is -0.142. The first-order chi connectivity index (χ1) is 17.3. The minimum atomic E-state index is -1.15. The van der Waals surface area contributed by atoms with Crippen LogP contribution in [0, 0.1) is 11.8 Å². The first-order valence-corrected chi connectivity index (χ1v) is 12.9. The van der Waals surface area contributed by atoms with Crippen molar-refractivity contribution in [2.24, 2.45) is 39.8 Å². The number of nitrogens with two attached hydrogens (primary N) is 4. The molecule has 214 valence electrons. The molecule has 0 heterocycles. The molecule has 13 heteroatoms. The Morgan fingerprint density at radius 1 is 0.757 bits per heavy atom. The van der Waals surface area contributed by atoms with Crippen LogP contribution in [0.4, 0.5) is 0 Å². The van der Waals surface area contributed by atoms with Gasteiger partial charge in [0.1, 0.15) is 18.1 Å². The molecule has 0 aromatic heterocycles. The number of rotatable bonds is 19. The highest BCUT2D eigenvalue weighted by Gasteiger charge is 2.30. The quantitative estimate of drug-likeness (QED) is 0.0589. The molecule has 0 aliphatic carbocycles. The highest BCUT2D eigenvalue weighted by Crippen LogP contribution is 2.10. The van der Waals surface area contributed by atoms with Crippen LogP contribution < -0.4 is 38.9 Å². The van der Waals surface area contributed by atoms with E-state index in [1.54, 1.807) is 0 Å². The van der Waals surface area contributed by atoms with E-state index in [1.807, 2.05) is 27.7 Å². The molecule has 0 fully saturated rings. The van der Waals surface area contributed by atoms with Gasteiger partial charge in [0, 0.05) is 6.54 Å². The van der Waals surface area contributed by atoms with E-state index in [-0.39, 0.29) is 30.6 Å². The van der Waals surface area contributed by atoms with Gasteiger partial charge in [0.15, 0.2) is 5.96 Å². The van der Waals surface area contributed by atoms with Gasteiger partial charge in [-0.25, -0.2) is 4.79 Å². The van der Waals surface area contributed by atoms with Crippen molar-refractivity contribution >= 4 is 29.7 Å². The SMILES string of the molecule is CC(C)CC(NC(=O)C(CCCCN)NC(=O)C(CC(C)C)NC(=O)C(N)CCCN=C(N)N)C(=O)O. The molecule has 0 saturated carbocycles. The second-order valence-corrected chi connectivity index (χ2v) is 10.1. The number of carbonyl (C=O) groups is 4. The first kappa shape index (κ1) is 34.1. The van der Waals surface area contributed by atoms with Crippen molar-refractivity contribution < 1.29 is 24.3 Å². The molecule has 37 heavy (non-hydrogen) atoms. The lowest BCUT2D eigenvalue weighted by Crippen LogP contribution is -2.57. The van der Waals surface area contributed by atoms with Crippen molar-refractivity contribution in [2.45, 2.75) is 96.8 Å².